The first-order chi connectivity index (χ1) is 25.2. The van der Waals surface area contributed by atoms with Crippen molar-refractivity contribution in [2.45, 2.75) is 77.2 Å². The lowest BCUT2D eigenvalue weighted by Crippen LogP contribution is -2.47. The molecule has 1 fully saturated rings. The number of alkyl halides is 7. The van der Waals surface area contributed by atoms with Crippen molar-refractivity contribution >= 4 is 29.4 Å². The third-order valence-corrected chi connectivity index (χ3v) is 9.73. The smallest absolute Gasteiger partial charge is 0.395 e. The number of hydrogen-bond acceptors (Lipinski definition) is 8. The molecule has 2 aliphatic rings. The van der Waals surface area contributed by atoms with Crippen molar-refractivity contribution in [3.8, 4) is 16.8 Å². The molecule has 1 amide bonds. The number of esters is 1. The van der Waals surface area contributed by atoms with E-state index in [0.717, 1.165) is 15.9 Å². The highest BCUT2D eigenvalue weighted by molar-refractivity contribution is 6.32. The van der Waals surface area contributed by atoms with Crippen molar-refractivity contribution in [1.82, 2.24) is 29.4 Å². The molecule has 3 heterocycles. The van der Waals surface area contributed by atoms with Crippen molar-refractivity contribution in [1.29, 1.82) is 0 Å². The first kappa shape index (κ1) is 38.7. The molecular formula is C35H34ClF7N8O3. The minimum atomic E-state index is -4.63. The number of carbonyl (C=O) groups excluding carboxylic acids is 2. The number of rotatable bonds is 12. The molecule has 54 heavy (non-hydrogen) atoms. The SMILES string of the molecule is CC(C)(C)C[C@]1(c2ccc(-c3cnn(C(F)F)c3)cc2)N=C(N)N([C@H](COC(=O)CC2(C(F)(F)F)CC2)c2ccc(Cl)c(-n3ncnc3C(F)F)c2)C1=O. The molecule has 1 aliphatic heterocycles. The van der Waals surface area contributed by atoms with Crippen LogP contribution in [0.25, 0.3) is 16.8 Å². The van der Waals surface area contributed by atoms with Crippen LogP contribution in [0.3, 0.4) is 0 Å². The second kappa shape index (κ2) is 14.0. The Morgan fingerprint density at radius 2 is 1.70 bits per heavy atom. The fourth-order valence-corrected chi connectivity index (χ4v) is 6.82. The van der Waals surface area contributed by atoms with Crippen LogP contribution in [0.5, 0.6) is 0 Å². The zero-order valence-corrected chi connectivity index (χ0v) is 29.8. The van der Waals surface area contributed by atoms with Crippen molar-refractivity contribution < 1.29 is 45.1 Å². The second-order valence-corrected chi connectivity index (χ2v) is 14.9. The van der Waals surface area contributed by atoms with Gasteiger partial charge in [0.2, 0.25) is 0 Å². The summed E-state index contributed by atoms with van der Waals surface area (Å²) in [5.41, 5.74) is 3.38. The summed E-state index contributed by atoms with van der Waals surface area (Å²) < 4.78 is 102. The molecule has 2 N–H and O–H groups in total. The van der Waals surface area contributed by atoms with E-state index in [2.05, 4.69) is 20.2 Å². The highest BCUT2D eigenvalue weighted by atomic mass is 35.5. The number of nitrogens with two attached hydrogens (primary N) is 1. The lowest BCUT2D eigenvalue weighted by Gasteiger charge is -2.35. The molecule has 2 atom stereocenters. The zero-order valence-electron chi connectivity index (χ0n) is 29.0. The van der Waals surface area contributed by atoms with Crippen LogP contribution in [-0.2, 0) is 19.9 Å². The Morgan fingerprint density at radius 3 is 2.28 bits per heavy atom. The van der Waals surface area contributed by atoms with Crippen molar-refractivity contribution in [3.63, 3.8) is 0 Å². The van der Waals surface area contributed by atoms with Gasteiger partial charge in [0.1, 0.15) is 12.9 Å². The van der Waals surface area contributed by atoms with Gasteiger partial charge in [-0.05, 0) is 53.5 Å². The van der Waals surface area contributed by atoms with Crippen LogP contribution in [-0.4, -0.2) is 60.1 Å². The van der Waals surface area contributed by atoms with E-state index in [-0.39, 0.29) is 41.5 Å². The summed E-state index contributed by atoms with van der Waals surface area (Å²) in [6.07, 6.45) is -5.71. The number of amides is 1. The zero-order chi connectivity index (χ0) is 39.4. The predicted octanol–water partition coefficient (Wildman–Crippen LogP) is 7.92. The molecule has 0 bridgehead atoms. The number of hydrogen-bond donors (Lipinski definition) is 1. The summed E-state index contributed by atoms with van der Waals surface area (Å²) in [5.74, 6) is -2.93. The Labute approximate surface area is 308 Å². The maximum atomic E-state index is 14.9. The third-order valence-electron chi connectivity index (χ3n) is 9.41. The molecule has 19 heteroatoms. The fraction of sp³-hybridized carbons (Fsp3) is 0.429. The van der Waals surface area contributed by atoms with Crippen LogP contribution >= 0.6 is 11.6 Å². The second-order valence-electron chi connectivity index (χ2n) is 14.5. The topological polar surface area (TPSA) is 134 Å². The summed E-state index contributed by atoms with van der Waals surface area (Å²) >= 11 is 6.41. The lowest BCUT2D eigenvalue weighted by atomic mass is 9.75. The molecular weight excluding hydrogens is 749 g/mol. The Kier molecular flexibility index (Phi) is 10.0. The van der Waals surface area contributed by atoms with Crippen LogP contribution in [0.2, 0.25) is 5.02 Å². The molecule has 6 rings (SSSR count). The molecule has 2 aromatic heterocycles. The Bertz CT molecular complexity index is 2070. The van der Waals surface area contributed by atoms with Gasteiger partial charge in [0.05, 0.1) is 34.8 Å². The highest BCUT2D eigenvalue weighted by Crippen LogP contribution is 2.60. The van der Waals surface area contributed by atoms with E-state index in [0.29, 0.717) is 21.4 Å². The summed E-state index contributed by atoms with van der Waals surface area (Å²) in [6, 6.07) is 9.10. The number of aromatic nitrogens is 5. The number of carbonyl (C=O) groups is 2. The van der Waals surface area contributed by atoms with E-state index in [1.54, 1.807) is 24.3 Å². The molecule has 2 aromatic carbocycles. The largest absolute Gasteiger partial charge is 0.463 e. The number of ether oxygens (including phenoxy) is 1. The quantitative estimate of drug-likeness (QED) is 0.114. The van der Waals surface area contributed by atoms with Gasteiger partial charge in [-0.3, -0.25) is 14.5 Å². The minimum absolute atomic E-state index is 0.0432. The van der Waals surface area contributed by atoms with Crippen LogP contribution < -0.4 is 5.73 Å². The molecule has 288 valence electrons. The van der Waals surface area contributed by atoms with E-state index in [1.807, 2.05) is 20.8 Å². The number of benzene rings is 2. The fourth-order valence-electron chi connectivity index (χ4n) is 6.62. The minimum Gasteiger partial charge on any atom is -0.463 e. The number of halogens is 8. The molecule has 4 aromatic rings. The summed E-state index contributed by atoms with van der Waals surface area (Å²) in [4.78, 5) is 37.2. The van der Waals surface area contributed by atoms with Crippen molar-refractivity contribution in [2.24, 2.45) is 21.6 Å². The Morgan fingerprint density at radius 1 is 1.02 bits per heavy atom. The maximum Gasteiger partial charge on any atom is 0.395 e. The van der Waals surface area contributed by atoms with Gasteiger partial charge >= 0.3 is 18.7 Å². The Balaban J connectivity index is 1.40. The van der Waals surface area contributed by atoms with Gasteiger partial charge in [-0.25, -0.2) is 28.1 Å². The van der Waals surface area contributed by atoms with Crippen LogP contribution in [0.4, 0.5) is 30.7 Å². The van der Waals surface area contributed by atoms with Gasteiger partial charge in [-0.1, -0.05) is 62.7 Å². The van der Waals surface area contributed by atoms with Gasteiger partial charge < -0.3 is 10.5 Å². The predicted molar refractivity (Wildman–Crippen MR) is 180 cm³/mol. The molecule has 0 saturated heterocycles. The maximum absolute atomic E-state index is 14.9. The van der Waals surface area contributed by atoms with Gasteiger partial charge in [0, 0.05) is 11.8 Å². The molecule has 0 radical (unpaired) electrons. The standard InChI is InChI=1S/C35H34ClF7N8O3/c1-32(2,3)17-34(22-7-4-19(5-8-22)21-14-46-49(15-21)30(39)40)29(53)50(31(44)48-34)25(16-54-26(52)13-33(10-11-33)35(41,42)43)20-6-9-23(36)24(12-20)51-28(27(37)38)45-18-47-51/h4-9,12,14-15,18,25,27,30H,10-11,13,16-17H2,1-3H3,(H2,44,48)/t25-,34-/m1/s1. The first-order valence-electron chi connectivity index (χ1n) is 16.6. The molecule has 0 unspecified atom stereocenters. The van der Waals surface area contributed by atoms with Crippen LogP contribution in [0.1, 0.15) is 82.4 Å². The normalized spacial score (nSPS) is 19.1. The number of guanidine groups is 1. The first-order valence-corrected chi connectivity index (χ1v) is 17.0. The average molecular weight is 783 g/mol. The average Bonchev–Trinajstić information content (AvgIpc) is 3.40. The Hall–Kier alpha value is -5.00. The van der Waals surface area contributed by atoms with Crippen LogP contribution in [0, 0.1) is 10.8 Å². The van der Waals surface area contributed by atoms with E-state index in [9.17, 15) is 40.3 Å². The molecule has 11 nitrogen and oxygen atoms in total. The summed E-state index contributed by atoms with van der Waals surface area (Å²) in [5, 5.41) is 7.48. The lowest BCUT2D eigenvalue weighted by molar-refractivity contribution is -0.195. The van der Waals surface area contributed by atoms with Crippen molar-refractivity contribution in [3.05, 3.63) is 83.2 Å². The molecule has 1 aliphatic carbocycles. The van der Waals surface area contributed by atoms with Gasteiger partial charge in [-0.15, -0.1) is 0 Å². The van der Waals surface area contributed by atoms with Crippen LogP contribution in [0.15, 0.2) is 66.2 Å². The van der Waals surface area contributed by atoms with E-state index in [4.69, 9.17) is 22.1 Å². The van der Waals surface area contributed by atoms with Gasteiger partial charge in [-0.2, -0.15) is 32.1 Å². The number of aliphatic imine (C=N–C) groups is 1. The van der Waals surface area contributed by atoms with E-state index >= 15 is 0 Å². The van der Waals surface area contributed by atoms with Gasteiger partial charge in [0.15, 0.2) is 17.3 Å². The molecule has 1 saturated carbocycles. The summed E-state index contributed by atoms with van der Waals surface area (Å²) in [7, 11) is 0. The van der Waals surface area contributed by atoms with E-state index < -0.39 is 72.3 Å². The van der Waals surface area contributed by atoms with Crippen molar-refractivity contribution in [2.75, 3.05) is 6.61 Å². The summed E-state index contributed by atoms with van der Waals surface area (Å²) in [6.45, 7) is 2.04. The molecule has 0 spiro atoms. The highest BCUT2D eigenvalue weighted by Gasteiger charge is 2.64. The number of nitrogens with zero attached hydrogens (tertiary/aromatic N) is 7. The third kappa shape index (κ3) is 7.39. The van der Waals surface area contributed by atoms with E-state index in [1.165, 1.54) is 30.6 Å². The monoisotopic (exact) mass is 782 g/mol. The van der Waals surface area contributed by atoms with Gasteiger partial charge in [0.25, 0.3) is 12.3 Å².